The predicted octanol–water partition coefficient (Wildman–Crippen LogP) is 25.1. The summed E-state index contributed by atoms with van der Waals surface area (Å²) in [6, 6.07) is 0. The Morgan fingerprint density at radius 1 is 0.265 bits per heavy atom. The molecule has 0 rings (SSSR count). The van der Waals surface area contributed by atoms with E-state index in [1.54, 1.807) is 0 Å². The van der Waals surface area contributed by atoms with Crippen LogP contribution in [0.25, 0.3) is 0 Å². The lowest BCUT2D eigenvalue weighted by Crippen LogP contribution is -2.30. The molecule has 5 atom stereocenters. The van der Waals surface area contributed by atoms with Gasteiger partial charge in [-0.05, 0) is 37.5 Å². The van der Waals surface area contributed by atoms with Crippen LogP contribution in [0.15, 0.2) is 0 Å². The van der Waals surface area contributed by atoms with Gasteiger partial charge in [-0.15, -0.1) is 0 Å². The number of aliphatic hydroxyl groups is 1. The minimum Gasteiger partial charge on any atom is -0.462 e. The number of aliphatic hydroxyl groups excluding tert-OH is 1. The Morgan fingerprint density at radius 2 is 0.451 bits per heavy atom. The number of esters is 4. The van der Waals surface area contributed by atoms with Gasteiger partial charge in [0.2, 0.25) is 0 Å². The van der Waals surface area contributed by atoms with E-state index in [4.69, 9.17) is 37.0 Å². The van der Waals surface area contributed by atoms with Gasteiger partial charge in [0.25, 0.3) is 0 Å². The first-order valence-electron chi connectivity index (χ1n) is 43.0. The highest BCUT2D eigenvalue weighted by Gasteiger charge is 2.30. The molecule has 0 saturated heterocycles. The molecule has 0 fully saturated rings. The van der Waals surface area contributed by atoms with Crippen LogP contribution in [0.3, 0.4) is 0 Å². The van der Waals surface area contributed by atoms with Crippen molar-refractivity contribution in [3.05, 3.63) is 0 Å². The fourth-order valence-corrected chi connectivity index (χ4v) is 14.5. The smallest absolute Gasteiger partial charge is 0.462 e. The molecular weight excluding hydrogens is 1330 g/mol. The average molecular weight is 1490 g/mol. The highest BCUT2D eigenvalue weighted by molar-refractivity contribution is 7.47. The zero-order valence-corrected chi connectivity index (χ0v) is 68.7. The number of carbonyl (C=O) groups excluding carboxylic acids is 4. The SMILES string of the molecule is CCCCCCCCCCCCCCCCCCCCCCCCC(=O)O[C@H](COC(=O)CCCCCCCCCCCCCCCCCCC)COP(=O)(O)OC[C@@H](O)COP(=O)(O)OC[C@@H](COC(=O)CCCCCCCCCCC(C)C)OC(=O)CCCCCCCCCCCC(C)C. The molecule has 0 spiro atoms. The Bertz CT molecular complexity index is 1960. The van der Waals surface area contributed by atoms with Crippen LogP contribution >= 0.6 is 15.6 Å². The molecule has 0 amide bonds. The second kappa shape index (κ2) is 74.5. The minimum absolute atomic E-state index is 0.105. The zero-order valence-electron chi connectivity index (χ0n) is 66.9. The summed E-state index contributed by atoms with van der Waals surface area (Å²) in [5, 5.41) is 10.6. The number of phosphoric ester groups is 2. The van der Waals surface area contributed by atoms with Gasteiger partial charge in [-0.25, -0.2) is 9.13 Å². The number of hydrogen-bond acceptors (Lipinski definition) is 15. The van der Waals surface area contributed by atoms with Crippen molar-refractivity contribution in [1.82, 2.24) is 0 Å². The molecule has 0 aliphatic carbocycles. The third-order valence-electron chi connectivity index (χ3n) is 19.5. The number of hydrogen-bond donors (Lipinski definition) is 3. The molecule has 0 aliphatic rings. The summed E-state index contributed by atoms with van der Waals surface area (Å²) in [7, 11) is -9.92. The third kappa shape index (κ3) is 76.3. The number of carbonyl (C=O) groups is 4. The molecule has 0 bridgehead atoms. The van der Waals surface area contributed by atoms with Crippen LogP contribution < -0.4 is 0 Å². The maximum absolute atomic E-state index is 13.1. The van der Waals surface area contributed by atoms with E-state index >= 15 is 0 Å². The van der Waals surface area contributed by atoms with Crippen molar-refractivity contribution >= 4 is 39.5 Å². The van der Waals surface area contributed by atoms with E-state index in [0.29, 0.717) is 25.7 Å². The van der Waals surface area contributed by atoms with Crippen LogP contribution in [-0.4, -0.2) is 96.7 Å². The van der Waals surface area contributed by atoms with Crippen LogP contribution in [0.2, 0.25) is 0 Å². The van der Waals surface area contributed by atoms with Gasteiger partial charge in [-0.1, -0.05) is 388 Å². The standard InChI is InChI=1S/C83H162O17P2/c1-7-9-11-13-15-17-19-21-23-25-26-27-28-29-31-33-35-37-41-49-55-61-67-82(87)99-78(71-93-80(85)65-59-53-47-40-36-34-32-30-24-22-20-18-16-14-12-10-8-2)73-97-101(89,90)95-69-77(84)70-96-102(91,92)98-74-79(72-94-81(86)66-60-54-48-44-43-46-52-58-64-76(5)6)100-83(88)68-62-56-50-42-38-39-45-51-57-63-75(3)4/h75-79,84H,7-74H2,1-6H3,(H,89,90)(H,91,92)/t77-,78-,79-/m1/s1. The second-order valence-corrected chi connectivity index (χ2v) is 33.7. The summed E-state index contributed by atoms with van der Waals surface area (Å²) >= 11 is 0. The number of phosphoric acid groups is 2. The Balaban J connectivity index is 5.21. The van der Waals surface area contributed by atoms with Crippen LogP contribution in [0.1, 0.15) is 440 Å². The number of unbranched alkanes of at least 4 members (excludes halogenated alkanes) is 52. The monoisotopic (exact) mass is 1490 g/mol. The van der Waals surface area contributed by atoms with Crippen molar-refractivity contribution in [2.45, 2.75) is 458 Å². The lowest BCUT2D eigenvalue weighted by atomic mass is 10.0. The lowest BCUT2D eigenvalue weighted by Gasteiger charge is -2.21. The molecule has 19 heteroatoms. The Morgan fingerprint density at radius 3 is 0.667 bits per heavy atom. The maximum atomic E-state index is 13.1. The summed E-state index contributed by atoms with van der Waals surface area (Å²) in [4.78, 5) is 73.1. The molecule has 102 heavy (non-hydrogen) atoms. The molecule has 0 heterocycles. The number of rotatable bonds is 82. The maximum Gasteiger partial charge on any atom is 0.472 e. The van der Waals surface area contributed by atoms with Crippen LogP contribution in [0.5, 0.6) is 0 Å². The van der Waals surface area contributed by atoms with E-state index in [1.165, 1.54) is 257 Å². The summed E-state index contributed by atoms with van der Waals surface area (Å²) in [5.41, 5.74) is 0. The highest BCUT2D eigenvalue weighted by Crippen LogP contribution is 2.45. The summed E-state index contributed by atoms with van der Waals surface area (Å²) < 4.78 is 68.8. The predicted molar refractivity (Wildman–Crippen MR) is 418 cm³/mol. The largest absolute Gasteiger partial charge is 0.472 e. The molecule has 2 unspecified atom stereocenters. The average Bonchev–Trinajstić information content (AvgIpc) is 0.933. The molecule has 0 aromatic carbocycles. The highest BCUT2D eigenvalue weighted by atomic mass is 31.2. The summed E-state index contributed by atoms with van der Waals surface area (Å²) in [6.45, 7) is 9.58. The lowest BCUT2D eigenvalue weighted by molar-refractivity contribution is -0.161. The van der Waals surface area contributed by atoms with Crippen molar-refractivity contribution in [1.29, 1.82) is 0 Å². The quantitative estimate of drug-likeness (QED) is 0.0222. The molecule has 0 saturated carbocycles. The van der Waals surface area contributed by atoms with E-state index in [1.807, 2.05) is 0 Å². The van der Waals surface area contributed by atoms with Crippen LogP contribution in [-0.2, 0) is 65.4 Å². The Labute approximate surface area is 626 Å². The zero-order chi connectivity index (χ0) is 74.9. The molecule has 0 aliphatic heterocycles. The van der Waals surface area contributed by atoms with Crippen LogP contribution in [0, 0.1) is 11.8 Å². The van der Waals surface area contributed by atoms with E-state index in [0.717, 1.165) is 102 Å². The van der Waals surface area contributed by atoms with Crippen molar-refractivity contribution in [2.24, 2.45) is 11.8 Å². The molecule has 3 N–H and O–H groups in total. The Hall–Kier alpha value is -1.94. The third-order valence-corrected chi connectivity index (χ3v) is 21.4. The Kier molecular flexibility index (Phi) is 73.1. The number of ether oxygens (including phenoxy) is 4. The van der Waals surface area contributed by atoms with Gasteiger partial charge in [-0.3, -0.25) is 37.3 Å². The van der Waals surface area contributed by atoms with Crippen LogP contribution in [0.4, 0.5) is 0 Å². The first-order valence-corrected chi connectivity index (χ1v) is 46.0. The topological polar surface area (TPSA) is 237 Å². The van der Waals surface area contributed by atoms with Gasteiger partial charge in [0.05, 0.1) is 26.4 Å². The first kappa shape index (κ1) is 100. The molecular formula is C83H162O17P2. The first-order chi connectivity index (χ1) is 49.4. The molecule has 0 aromatic heterocycles. The van der Waals surface area contributed by atoms with Gasteiger partial charge in [0.15, 0.2) is 12.2 Å². The molecule has 0 radical (unpaired) electrons. The van der Waals surface area contributed by atoms with Gasteiger partial charge in [0, 0.05) is 25.7 Å². The van der Waals surface area contributed by atoms with E-state index < -0.39 is 97.5 Å². The van der Waals surface area contributed by atoms with Crippen molar-refractivity contribution < 1.29 is 80.2 Å². The van der Waals surface area contributed by atoms with Crippen molar-refractivity contribution in [2.75, 3.05) is 39.6 Å². The minimum atomic E-state index is -4.96. The normalized spacial score (nSPS) is 13.9. The van der Waals surface area contributed by atoms with Gasteiger partial charge >= 0.3 is 39.5 Å². The van der Waals surface area contributed by atoms with E-state index in [9.17, 15) is 43.2 Å². The molecule has 17 nitrogen and oxygen atoms in total. The van der Waals surface area contributed by atoms with Gasteiger partial charge < -0.3 is 33.8 Å². The fourth-order valence-electron chi connectivity index (χ4n) is 12.9. The van der Waals surface area contributed by atoms with Crippen molar-refractivity contribution in [3.8, 4) is 0 Å². The summed E-state index contributed by atoms with van der Waals surface area (Å²) in [6.07, 6.45) is 65.5. The summed E-state index contributed by atoms with van der Waals surface area (Å²) in [5.74, 6) is -0.646. The fraction of sp³-hybridized carbons (Fsp3) is 0.952. The molecule has 606 valence electrons. The van der Waals surface area contributed by atoms with E-state index in [-0.39, 0.29) is 25.7 Å². The van der Waals surface area contributed by atoms with E-state index in [2.05, 4.69) is 41.5 Å². The van der Waals surface area contributed by atoms with Gasteiger partial charge in [-0.2, -0.15) is 0 Å². The van der Waals surface area contributed by atoms with Gasteiger partial charge in [0.1, 0.15) is 19.3 Å². The molecule has 0 aromatic rings. The van der Waals surface area contributed by atoms with Crippen molar-refractivity contribution in [3.63, 3.8) is 0 Å². The second-order valence-electron chi connectivity index (χ2n) is 30.8.